The van der Waals surface area contributed by atoms with Gasteiger partial charge in [0.2, 0.25) is 0 Å². The zero-order valence-electron chi connectivity index (χ0n) is 17.6. The molecule has 0 aliphatic carbocycles. The number of benzene rings is 2. The van der Waals surface area contributed by atoms with Gasteiger partial charge in [-0.3, -0.25) is 4.79 Å². The Morgan fingerprint density at radius 2 is 1.84 bits per heavy atom. The van der Waals surface area contributed by atoms with Crippen molar-refractivity contribution in [1.29, 1.82) is 5.26 Å². The van der Waals surface area contributed by atoms with Crippen molar-refractivity contribution >= 4 is 5.91 Å². The van der Waals surface area contributed by atoms with Gasteiger partial charge in [-0.2, -0.15) is 5.26 Å². The van der Waals surface area contributed by atoms with E-state index in [0.717, 1.165) is 11.1 Å². The molecule has 1 amide bonds. The average Bonchev–Trinajstić information content (AvgIpc) is 2.78. The molecule has 31 heavy (non-hydrogen) atoms. The molecule has 0 radical (unpaired) electrons. The fraction of sp³-hybridized carbons (Fsp3) is 0.250. The van der Waals surface area contributed by atoms with Crippen LogP contribution in [0.4, 0.5) is 0 Å². The Bertz CT molecular complexity index is 1140. The molecule has 0 saturated heterocycles. The summed E-state index contributed by atoms with van der Waals surface area (Å²) >= 11 is 0. The number of aromatic nitrogens is 2. The van der Waals surface area contributed by atoms with Crippen molar-refractivity contribution in [2.75, 3.05) is 6.61 Å². The second-order valence-electron chi connectivity index (χ2n) is 7.46. The highest BCUT2D eigenvalue weighted by Crippen LogP contribution is 2.29. The summed E-state index contributed by atoms with van der Waals surface area (Å²) in [7, 11) is 0. The molecule has 7 heteroatoms. The number of rotatable bonds is 6. The van der Waals surface area contributed by atoms with Crippen LogP contribution in [0.3, 0.4) is 0 Å². The first-order chi connectivity index (χ1) is 14.8. The van der Waals surface area contributed by atoms with E-state index in [2.05, 4.69) is 21.4 Å². The molecule has 0 aliphatic heterocycles. The summed E-state index contributed by atoms with van der Waals surface area (Å²) in [6.45, 7) is 5.02. The van der Waals surface area contributed by atoms with Crippen molar-refractivity contribution in [3.05, 3.63) is 82.4 Å². The van der Waals surface area contributed by atoms with Crippen LogP contribution < -0.4 is 5.32 Å². The molecule has 158 valence electrons. The number of nitrogens with one attached hydrogen (secondary N) is 1. The van der Waals surface area contributed by atoms with Crippen LogP contribution in [0.2, 0.25) is 0 Å². The van der Waals surface area contributed by atoms with Gasteiger partial charge in [-0.1, -0.05) is 12.1 Å². The van der Waals surface area contributed by atoms with E-state index in [-0.39, 0.29) is 11.9 Å². The maximum absolute atomic E-state index is 13.0. The van der Waals surface area contributed by atoms with Crippen LogP contribution >= 0.6 is 0 Å². The van der Waals surface area contributed by atoms with Crippen molar-refractivity contribution in [2.45, 2.75) is 32.9 Å². The van der Waals surface area contributed by atoms with Gasteiger partial charge in [-0.05, 0) is 67.3 Å². The number of aliphatic hydroxyl groups excluding tert-OH is 2. The number of aliphatic hydroxyl groups is 2. The molecule has 3 rings (SSSR count). The Kier molecular flexibility index (Phi) is 6.75. The number of nitriles is 1. The molecule has 0 bridgehead atoms. The molecule has 1 heterocycles. The summed E-state index contributed by atoms with van der Waals surface area (Å²) in [5, 5.41) is 32.1. The van der Waals surface area contributed by atoms with Crippen LogP contribution in [-0.4, -0.2) is 32.7 Å². The van der Waals surface area contributed by atoms with Crippen LogP contribution in [0.25, 0.3) is 11.1 Å². The summed E-state index contributed by atoms with van der Waals surface area (Å²) in [6, 6.07) is 12.2. The van der Waals surface area contributed by atoms with E-state index < -0.39 is 12.7 Å². The van der Waals surface area contributed by atoms with E-state index in [0.29, 0.717) is 33.6 Å². The third-order valence-corrected chi connectivity index (χ3v) is 5.03. The summed E-state index contributed by atoms with van der Waals surface area (Å²) < 4.78 is 0. The van der Waals surface area contributed by atoms with E-state index in [1.165, 1.54) is 6.07 Å². The highest BCUT2D eigenvalue weighted by atomic mass is 16.3. The smallest absolute Gasteiger partial charge is 0.251 e. The molecular weight excluding hydrogens is 392 g/mol. The van der Waals surface area contributed by atoms with E-state index in [1.807, 2.05) is 26.0 Å². The molecule has 7 nitrogen and oxygen atoms in total. The molecule has 3 aromatic rings. The second kappa shape index (κ2) is 9.47. The molecule has 2 atom stereocenters. The lowest BCUT2D eigenvalue weighted by Crippen LogP contribution is -2.27. The Hall–Kier alpha value is -3.60. The van der Waals surface area contributed by atoms with Gasteiger partial charge in [0.1, 0.15) is 11.9 Å². The summed E-state index contributed by atoms with van der Waals surface area (Å²) in [4.78, 5) is 21.3. The number of carbonyl (C=O) groups excluding carboxylic acids is 1. The van der Waals surface area contributed by atoms with Gasteiger partial charge in [-0.15, -0.1) is 0 Å². The third kappa shape index (κ3) is 5.12. The number of amides is 1. The van der Waals surface area contributed by atoms with Gasteiger partial charge in [0.25, 0.3) is 5.91 Å². The minimum absolute atomic E-state index is 0.310. The maximum atomic E-state index is 13.0. The molecule has 2 aromatic carbocycles. The lowest BCUT2D eigenvalue weighted by Gasteiger charge is -2.17. The van der Waals surface area contributed by atoms with Crippen molar-refractivity contribution < 1.29 is 15.0 Å². The van der Waals surface area contributed by atoms with Gasteiger partial charge in [0, 0.05) is 23.5 Å². The third-order valence-electron chi connectivity index (χ3n) is 5.03. The SMILES string of the molecule is Cc1ccc(-c2cc(C(=O)N[C@H](C)c3cnc(C)nc3)cc(C(O)CO)c2)c(C#N)c1. The Morgan fingerprint density at radius 3 is 2.48 bits per heavy atom. The molecule has 1 aromatic heterocycles. The number of carbonyl (C=O) groups is 1. The van der Waals surface area contributed by atoms with Crippen LogP contribution in [0.15, 0.2) is 48.8 Å². The fourth-order valence-electron chi connectivity index (χ4n) is 3.23. The fourth-order valence-corrected chi connectivity index (χ4v) is 3.23. The van der Waals surface area contributed by atoms with Crippen molar-refractivity contribution in [3.8, 4) is 17.2 Å². The summed E-state index contributed by atoms with van der Waals surface area (Å²) in [6.07, 6.45) is 2.18. The highest BCUT2D eigenvalue weighted by molar-refractivity contribution is 5.96. The van der Waals surface area contributed by atoms with Crippen molar-refractivity contribution in [1.82, 2.24) is 15.3 Å². The first kappa shape index (κ1) is 22.1. The molecule has 0 fully saturated rings. The predicted molar refractivity (Wildman–Crippen MR) is 116 cm³/mol. The Morgan fingerprint density at radius 1 is 1.13 bits per heavy atom. The lowest BCUT2D eigenvalue weighted by molar-refractivity contribution is 0.0928. The molecule has 0 aliphatic rings. The summed E-state index contributed by atoms with van der Waals surface area (Å²) in [5.41, 5.74) is 4.12. The summed E-state index contributed by atoms with van der Waals surface area (Å²) in [5.74, 6) is 0.288. The second-order valence-corrected chi connectivity index (χ2v) is 7.46. The van der Waals surface area contributed by atoms with Gasteiger partial charge in [0.15, 0.2) is 0 Å². The van der Waals surface area contributed by atoms with E-state index in [1.54, 1.807) is 37.5 Å². The van der Waals surface area contributed by atoms with Gasteiger partial charge >= 0.3 is 0 Å². The van der Waals surface area contributed by atoms with Crippen LogP contribution in [0.5, 0.6) is 0 Å². The van der Waals surface area contributed by atoms with Gasteiger partial charge in [-0.25, -0.2) is 9.97 Å². The Balaban J connectivity index is 2.00. The van der Waals surface area contributed by atoms with Crippen molar-refractivity contribution in [3.63, 3.8) is 0 Å². The predicted octanol–water partition coefficient (Wildman–Crippen LogP) is 3.15. The van der Waals surface area contributed by atoms with Crippen LogP contribution in [-0.2, 0) is 0 Å². The largest absolute Gasteiger partial charge is 0.393 e. The minimum Gasteiger partial charge on any atom is -0.393 e. The monoisotopic (exact) mass is 416 g/mol. The molecule has 0 saturated carbocycles. The lowest BCUT2D eigenvalue weighted by atomic mass is 9.93. The van der Waals surface area contributed by atoms with Gasteiger partial charge < -0.3 is 15.5 Å². The zero-order chi connectivity index (χ0) is 22.5. The number of aryl methyl sites for hydroxylation is 2. The topological polar surface area (TPSA) is 119 Å². The van der Waals surface area contributed by atoms with Crippen molar-refractivity contribution in [2.24, 2.45) is 0 Å². The van der Waals surface area contributed by atoms with E-state index >= 15 is 0 Å². The number of nitrogens with zero attached hydrogens (tertiary/aromatic N) is 3. The normalized spacial score (nSPS) is 12.6. The zero-order valence-corrected chi connectivity index (χ0v) is 17.6. The van der Waals surface area contributed by atoms with E-state index in [4.69, 9.17) is 0 Å². The van der Waals surface area contributed by atoms with Crippen LogP contribution in [0.1, 0.15) is 57.5 Å². The first-order valence-corrected chi connectivity index (χ1v) is 9.86. The number of hydrogen-bond acceptors (Lipinski definition) is 6. The minimum atomic E-state index is -1.15. The molecular formula is C24H24N4O3. The average molecular weight is 416 g/mol. The highest BCUT2D eigenvalue weighted by Gasteiger charge is 2.18. The standard InChI is InChI=1S/C24H24N4O3/c1-14-4-5-22(20(6-14)10-25)17-7-18(23(30)13-29)9-19(8-17)24(31)28-15(2)21-11-26-16(3)27-12-21/h4-9,11-12,15,23,29-30H,13H2,1-3H3,(H,28,31)/t15-,23?/m1/s1. The van der Waals surface area contributed by atoms with Crippen LogP contribution in [0, 0.1) is 25.2 Å². The van der Waals surface area contributed by atoms with E-state index in [9.17, 15) is 20.3 Å². The van der Waals surface area contributed by atoms with Gasteiger partial charge in [0.05, 0.1) is 24.3 Å². The Labute approximate surface area is 181 Å². The first-order valence-electron chi connectivity index (χ1n) is 9.86. The number of hydrogen-bond donors (Lipinski definition) is 3. The maximum Gasteiger partial charge on any atom is 0.251 e. The quantitative estimate of drug-likeness (QED) is 0.568. The molecule has 0 spiro atoms. The molecule has 3 N–H and O–H groups in total. The molecule has 1 unspecified atom stereocenters.